The number of nitrogens with zero attached hydrogens (tertiary/aromatic N) is 2. The molecule has 1 fully saturated rings. The van der Waals surface area contributed by atoms with Gasteiger partial charge >= 0.3 is 6.09 Å². The van der Waals surface area contributed by atoms with Crippen molar-refractivity contribution >= 4 is 35.1 Å². The lowest BCUT2D eigenvalue weighted by Crippen LogP contribution is -2.49. The number of rotatable bonds is 6. The zero-order valence-electron chi connectivity index (χ0n) is 20.8. The van der Waals surface area contributed by atoms with E-state index >= 15 is 0 Å². The molecule has 2 heterocycles. The number of pyridine rings is 1. The molecule has 2 aromatic carbocycles. The van der Waals surface area contributed by atoms with Crippen molar-refractivity contribution in [3.63, 3.8) is 0 Å². The molecule has 1 aliphatic heterocycles. The van der Waals surface area contributed by atoms with Crippen LogP contribution >= 0.6 is 11.6 Å². The highest BCUT2D eigenvalue weighted by molar-refractivity contribution is 6.35. The van der Waals surface area contributed by atoms with Crippen molar-refractivity contribution in [3.8, 4) is 5.75 Å². The first kappa shape index (κ1) is 27.4. The molecule has 36 heavy (non-hydrogen) atoms. The van der Waals surface area contributed by atoms with Crippen LogP contribution in [0.3, 0.4) is 0 Å². The molecule has 0 bridgehead atoms. The molecular formula is C27H32ClN3O5. The highest BCUT2D eigenvalue weighted by Crippen LogP contribution is 2.29. The molecule has 8 nitrogen and oxygen atoms in total. The number of fused-ring (bicyclic) bond motifs is 1. The minimum atomic E-state index is -0.457. The molecule has 0 aliphatic carbocycles. The van der Waals surface area contributed by atoms with Gasteiger partial charge in [0.1, 0.15) is 11.1 Å². The molecule has 0 spiro atoms. The van der Waals surface area contributed by atoms with E-state index in [1.807, 2.05) is 57.2 Å². The largest absolute Gasteiger partial charge is 0.444 e. The summed E-state index contributed by atoms with van der Waals surface area (Å²) in [4.78, 5) is 33.7. The summed E-state index contributed by atoms with van der Waals surface area (Å²) in [5, 5.41) is 1.36. The molecule has 4 rings (SSSR count). The SMILES string of the molecule is CC(C)(C)OC(=O)N1CCCC(NOCc2ccccc2)C1.O=COc1ccc(Cl)c2cccnc12. The second-order valence-electron chi connectivity index (χ2n) is 9.32. The molecule has 9 heteroatoms. The lowest BCUT2D eigenvalue weighted by Gasteiger charge is -2.34. The number of carbonyl (C=O) groups excluding carboxylic acids is 2. The Morgan fingerprint density at radius 3 is 2.67 bits per heavy atom. The van der Waals surface area contributed by atoms with Gasteiger partial charge in [-0.1, -0.05) is 41.9 Å². The van der Waals surface area contributed by atoms with Gasteiger partial charge in [0, 0.05) is 24.7 Å². The number of halogens is 1. The van der Waals surface area contributed by atoms with E-state index in [-0.39, 0.29) is 12.1 Å². The molecular weight excluding hydrogens is 482 g/mol. The Balaban J connectivity index is 0.000000221. The number of piperidine rings is 1. The molecule has 1 atom stereocenters. The second kappa shape index (κ2) is 13.2. The highest BCUT2D eigenvalue weighted by Gasteiger charge is 2.27. The number of hydrogen-bond donors (Lipinski definition) is 1. The first-order valence-electron chi connectivity index (χ1n) is 11.8. The van der Waals surface area contributed by atoms with Gasteiger partial charge in [-0.3, -0.25) is 14.6 Å². The summed E-state index contributed by atoms with van der Waals surface area (Å²) in [6.07, 6.45) is 3.32. The van der Waals surface area contributed by atoms with E-state index in [4.69, 9.17) is 25.9 Å². The molecule has 1 unspecified atom stereocenters. The summed E-state index contributed by atoms with van der Waals surface area (Å²) in [5.74, 6) is 0.417. The first-order chi connectivity index (χ1) is 17.3. The van der Waals surface area contributed by atoms with Crippen molar-refractivity contribution in [2.45, 2.75) is 51.9 Å². The Morgan fingerprint density at radius 1 is 1.17 bits per heavy atom. The highest BCUT2D eigenvalue weighted by atomic mass is 35.5. The number of benzene rings is 2. The van der Waals surface area contributed by atoms with Crippen molar-refractivity contribution in [3.05, 3.63) is 71.4 Å². The Morgan fingerprint density at radius 2 is 1.94 bits per heavy atom. The first-order valence-corrected chi connectivity index (χ1v) is 12.2. The van der Waals surface area contributed by atoms with E-state index < -0.39 is 5.60 Å². The zero-order chi connectivity index (χ0) is 26.0. The summed E-state index contributed by atoms with van der Waals surface area (Å²) in [7, 11) is 0. The van der Waals surface area contributed by atoms with Crippen LogP contribution in [0.5, 0.6) is 5.75 Å². The molecule has 1 aromatic heterocycles. The summed E-state index contributed by atoms with van der Waals surface area (Å²) in [5.41, 5.74) is 4.32. The van der Waals surface area contributed by atoms with Crippen molar-refractivity contribution in [2.75, 3.05) is 13.1 Å². The third-order valence-electron chi connectivity index (χ3n) is 5.26. The molecule has 0 saturated carbocycles. The maximum Gasteiger partial charge on any atom is 0.410 e. The van der Waals surface area contributed by atoms with Gasteiger partial charge in [0.2, 0.25) is 0 Å². The normalized spacial score (nSPS) is 15.6. The fraction of sp³-hybridized carbons (Fsp3) is 0.370. The molecule has 1 amide bonds. The van der Waals surface area contributed by atoms with Crippen LogP contribution in [0, 0.1) is 0 Å². The van der Waals surface area contributed by atoms with Crippen LogP contribution < -0.4 is 10.2 Å². The van der Waals surface area contributed by atoms with Gasteiger partial charge < -0.3 is 14.4 Å². The number of amides is 1. The second-order valence-corrected chi connectivity index (χ2v) is 9.72. The van der Waals surface area contributed by atoms with Crippen LogP contribution in [0.25, 0.3) is 10.9 Å². The Bertz CT molecular complexity index is 1140. The predicted octanol–water partition coefficient (Wildman–Crippen LogP) is 5.53. The number of hydrogen-bond acceptors (Lipinski definition) is 7. The van der Waals surface area contributed by atoms with E-state index in [9.17, 15) is 9.59 Å². The Labute approximate surface area is 216 Å². The monoisotopic (exact) mass is 513 g/mol. The third-order valence-corrected chi connectivity index (χ3v) is 5.59. The number of ether oxygens (including phenoxy) is 2. The average Bonchev–Trinajstić information content (AvgIpc) is 2.86. The third kappa shape index (κ3) is 8.48. The standard InChI is InChI=1S/C17H26N2O3.C10H6ClNO2/c1-17(2,3)22-16(20)19-11-7-10-15(12-19)18-21-13-14-8-5-4-6-9-14;11-8-3-4-9(14-6-13)10-7(8)2-1-5-12-10/h4-6,8-9,15,18H,7,10-13H2,1-3H3;1-6H. The van der Waals surface area contributed by atoms with Gasteiger partial charge in [0.05, 0.1) is 17.7 Å². The maximum atomic E-state index is 12.1. The topological polar surface area (TPSA) is 90.0 Å². The van der Waals surface area contributed by atoms with Crippen molar-refractivity contribution in [2.24, 2.45) is 0 Å². The Hall–Kier alpha value is -3.20. The summed E-state index contributed by atoms with van der Waals surface area (Å²) < 4.78 is 10.2. The van der Waals surface area contributed by atoms with Crippen LogP contribution in [-0.2, 0) is 21.0 Å². The lowest BCUT2D eigenvalue weighted by molar-refractivity contribution is -0.120. The minimum absolute atomic E-state index is 0.144. The van der Waals surface area contributed by atoms with Gasteiger partial charge in [-0.25, -0.2) is 4.79 Å². The number of aromatic nitrogens is 1. The molecule has 1 aliphatic rings. The van der Waals surface area contributed by atoms with Crippen LogP contribution in [0.15, 0.2) is 60.8 Å². The zero-order valence-corrected chi connectivity index (χ0v) is 21.5. The van der Waals surface area contributed by atoms with Crippen molar-refractivity contribution in [1.29, 1.82) is 0 Å². The van der Waals surface area contributed by atoms with Crippen LogP contribution in [0.1, 0.15) is 39.2 Å². The quantitative estimate of drug-likeness (QED) is 0.342. The fourth-order valence-corrected chi connectivity index (χ4v) is 3.86. The van der Waals surface area contributed by atoms with Crippen molar-refractivity contribution in [1.82, 2.24) is 15.4 Å². The van der Waals surface area contributed by atoms with Crippen molar-refractivity contribution < 1.29 is 23.9 Å². The van der Waals surface area contributed by atoms with E-state index in [2.05, 4.69) is 10.5 Å². The van der Waals surface area contributed by atoms with Crippen LogP contribution in [0.2, 0.25) is 5.02 Å². The number of carbonyl (C=O) groups is 2. The van der Waals surface area contributed by atoms with Gasteiger partial charge in [0.25, 0.3) is 6.47 Å². The summed E-state index contributed by atoms with van der Waals surface area (Å²) in [6, 6.07) is 17.0. The number of nitrogens with one attached hydrogen (secondary N) is 1. The number of hydroxylamine groups is 1. The van der Waals surface area contributed by atoms with E-state index in [0.717, 1.165) is 30.3 Å². The lowest BCUT2D eigenvalue weighted by atomic mass is 10.1. The molecule has 192 valence electrons. The molecule has 1 N–H and O–H groups in total. The van der Waals surface area contributed by atoms with Crippen LogP contribution in [-0.4, -0.2) is 47.2 Å². The summed E-state index contributed by atoms with van der Waals surface area (Å²) in [6.45, 7) is 7.89. The van der Waals surface area contributed by atoms with Gasteiger partial charge in [-0.05, 0) is 63.4 Å². The summed E-state index contributed by atoms with van der Waals surface area (Å²) >= 11 is 5.95. The minimum Gasteiger partial charge on any atom is -0.444 e. The van der Waals surface area contributed by atoms with E-state index in [0.29, 0.717) is 35.9 Å². The molecule has 3 aromatic rings. The van der Waals surface area contributed by atoms with E-state index in [1.165, 1.54) is 0 Å². The van der Waals surface area contributed by atoms with Crippen LogP contribution in [0.4, 0.5) is 4.79 Å². The Kier molecular flexibility index (Phi) is 10.0. The fourth-order valence-electron chi connectivity index (χ4n) is 3.64. The van der Waals surface area contributed by atoms with Gasteiger partial charge in [-0.15, -0.1) is 0 Å². The number of likely N-dealkylation sites (tertiary alicyclic amines) is 1. The van der Waals surface area contributed by atoms with Gasteiger partial charge in [-0.2, -0.15) is 5.48 Å². The van der Waals surface area contributed by atoms with E-state index in [1.54, 1.807) is 29.3 Å². The average molecular weight is 514 g/mol. The van der Waals surface area contributed by atoms with Gasteiger partial charge in [0.15, 0.2) is 5.75 Å². The smallest absolute Gasteiger partial charge is 0.410 e. The predicted molar refractivity (Wildman–Crippen MR) is 139 cm³/mol. The molecule has 1 saturated heterocycles. The maximum absolute atomic E-state index is 12.1. The molecule has 0 radical (unpaired) electrons.